The average molecular weight is 583 g/mol. The van der Waals surface area contributed by atoms with Crippen molar-refractivity contribution in [3.05, 3.63) is 46.5 Å². The zero-order chi connectivity index (χ0) is 29.6. The number of benzene rings is 2. The molecule has 2 unspecified atom stereocenters. The summed E-state index contributed by atoms with van der Waals surface area (Å²) < 4.78 is 22.4. The van der Waals surface area contributed by atoms with E-state index in [1.165, 1.54) is 7.11 Å². The number of ether oxygens (including phenoxy) is 4. The van der Waals surface area contributed by atoms with Crippen molar-refractivity contribution >= 4 is 11.9 Å². The van der Waals surface area contributed by atoms with Gasteiger partial charge in [-0.15, -0.1) is 0 Å². The van der Waals surface area contributed by atoms with Gasteiger partial charge in [-0.3, -0.25) is 9.59 Å². The molecule has 5 rings (SSSR count). The van der Waals surface area contributed by atoms with Gasteiger partial charge >= 0.3 is 5.97 Å². The number of phenolic OH excluding ortho intramolecular Hbond substituents is 1. The number of amides is 1. The topological polar surface area (TPSA) is 153 Å². The molecule has 228 valence electrons. The first kappa shape index (κ1) is 29.9. The van der Waals surface area contributed by atoms with Crippen LogP contribution in [0.4, 0.5) is 0 Å². The first-order chi connectivity index (χ1) is 20.4. The Bertz CT molecular complexity index is 1290. The van der Waals surface area contributed by atoms with Crippen LogP contribution in [0.1, 0.15) is 59.9 Å². The van der Waals surface area contributed by atoms with Gasteiger partial charge in [0.25, 0.3) is 0 Å². The number of phenols is 1. The third-order valence-electron chi connectivity index (χ3n) is 8.41. The number of hydrogen-bond acceptors (Lipinski definition) is 10. The van der Waals surface area contributed by atoms with Crippen LogP contribution >= 0.6 is 0 Å². The minimum atomic E-state index is -0.535. The van der Waals surface area contributed by atoms with Gasteiger partial charge in [0.05, 0.1) is 25.7 Å². The maximum absolute atomic E-state index is 13.3. The predicted molar refractivity (Wildman–Crippen MR) is 156 cm³/mol. The largest absolute Gasteiger partial charge is 0.504 e. The highest BCUT2D eigenvalue weighted by Gasteiger charge is 2.53. The summed E-state index contributed by atoms with van der Waals surface area (Å²) in [5, 5.41) is 20.4. The van der Waals surface area contributed by atoms with Crippen LogP contribution in [0.15, 0.2) is 24.3 Å². The second kappa shape index (κ2) is 13.6. The summed E-state index contributed by atoms with van der Waals surface area (Å²) in [4.78, 5) is 26.4. The third kappa shape index (κ3) is 6.28. The number of rotatable bonds is 14. The van der Waals surface area contributed by atoms with Gasteiger partial charge in [0.2, 0.25) is 12.7 Å². The number of nitrogens with one attached hydrogen (secondary N) is 3. The number of cyclic esters (lactones) is 1. The van der Waals surface area contributed by atoms with Gasteiger partial charge in [-0.05, 0) is 92.8 Å². The summed E-state index contributed by atoms with van der Waals surface area (Å²) >= 11 is 0. The number of unbranched alkanes of at least 4 members (excludes halogenated alkanes) is 1. The number of carbonyl (C=O) groups excluding carboxylic acids is 2. The van der Waals surface area contributed by atoms with E-state index in [1.54, 1.807) is 13.0 Å². The molecule has 4 atom stereocenters. The maximum atomic E-state index is 13.3. The van der Waals surface area contributed by atoms with Crippen LogP contribution < -0.4 is 35.9 Å². The number of nitrogens with two attached hydrogens (primary N) is 1. The van der Waals surface area contributed by atoms with Gasteiger partial charge in [0.1, 0.15) is 0 Å². The molecule has 0 bridgehead atoms. The monoisotopic (exact) mass is 582 g/mol. The molecule has 1 fully saturated rings. The molecule has 2 aromatic carbocycles. The summed E-state index contributed by atoms with van der Waals surface area (Å²) in [6, 6.07) is 7.03. The van der Waals surface area contributed by atoms with Crippen molar-refractivity contribution in [3.8, 4) is 23.0 Å². The number of carbonyl (C=O) groups is 2. The van der Waals surface area contributed by atoms with Crippen LogP contribution in [-0.2, 0) is 14.3 Å². The van der Waals surface area contributed by atoms with Gasteiger partial charge in [0, 0.05) is 24.8 Å². The molecule has 11 heteroatoms. The van der Waals surface area contributed by atoms with Gasteiger partial charge in [-0.1, -0.05) is 6.07 Å². The number of hydrogen-bond donors (Lipinski definition) is 5. The molecule has 1 amide bonds. The van der Waals surface area contributed by atoms with Crippen molar-refractivity contribution in [1.82, 2.24) is 16.0 Å². The molecule has 0 spiro atoms. The fraction of sp³-hybridized carbons (Fsp3) is 0.548. The van der Waals surface area contributed by atoms with E-state index in [4.69, 9.17) is 24.7 Å². The molecule has 1 aliphatic carbocycles. The number of aryl methyl sites for hydroxylation is 1. The van der Waals surface area contributed by atoms with Gasteiger partial charge < -0.3 is 45.7 Å². The highest BCUT2D eigenvalue weighted by atomic mass is 16.7. The Morgan fingerprint density at radius 3 is 2.45 bits per heavy atom. The fourth-order valence-corrected chi connectivity index (χ4v) is 6.29. The highest BCUT2D eigenvalue weighted by molar-refractivity contribution is 5.81. The standard InChI is InChI=1S/C31H42N4O7/c1-18-12-19(13-25(39-2)30(18)37)27-20-14-23-24(42-17-41-23)15-21(20)29(22-16-40-31(38)28(22)27)35-26(36)6-11-34-10-5-9-33-8-4-3-7-32/h12-15,22,27-29,33-34,37H,3-11,16-17,32H2,1-2H3,(H,35,36)/t22?,27-,28+,29?/m1/s1. The fourth-order valence-electron chi connectivity index (χ4n) is 6.29. The minimum absolute atomic E-state index is 0.0611. The Morgan fingerprint density at radius 2 is 1.71 bits per heavy atom. The van der Waals surface area contributed by atoms with Gasteiger partial charge in [-0.25, -0.2) is 0 Å². The molecule has 0 radical (unpaired) electrons. The first-order valence-corrected chi connectivity index (χ1v) is 14.8. The SMILES string of the molecule is COc1cc([C@@H]2c3cc4c(cc3C(NC(=O)CCNCCCNCCCCN)C3COC(=O)[C@@H]32)OCO4)cc(C)c1O. The van der Waals surface area contributed by atoms with E-state index < -0.39 is 12.0 Å². The van der Waals surface area contributed by atoms with E-state index in [1.807, 2.05) is 18.2 Å². The van der Waals surface area contributed by atoms with Crippen LogP contribution in [-0.4, -0.2) is 70.2 Å². The predicted octanol–water partition coefficient (Wildman–Crippen LogP) is 2.23. The Morgan fingerprint density at radius 1 is 1.00 bits per heavy atom. The second-order valence-corrected chi connectivity index (χ2v) is 11.2. The molecule has 2 heterocycles. The molecule has 2 aliphatic heterocycles. The number of esters is 1. The molecule has 2 aromatic rings. The number of fused-ring (bicyclic) bond motifs is 3. The van der Waals surface area contributed by atoms with Crippen LogP contribution in [0.2, 0.25) is 0 Å². The molecule has 11 nitrogen and oxygen atoms in total. The molecule has 0 saturated carbocycles. The van der Waals surface area contributed by atoms with Crippen molar-refractivity contribution in [2.45, 2.75) is 44.6 Å². The van der Waals surface area contributed by atoms with Gasteiger partial charge in [-0.2, -0.15) is 0 Å². The Kier molecular flexibility index (Phi) is 9.71. The molecular weight excluding hydrogens is 540 g/mol. The molecule has 1 saturated heterocycles. The third-order valence-corrected chi connectivity index (χ3v) is 8.41. The van der Waals surface area contributed by atoms with Crippen LogP contribution in [0.5, 0.6) is 23.0 Å². The highest BCUT2D eigenvalue weighted by Crippen LogP contribution is 2.55. The lowest BCUT2D eigenvalue weighted by molar-refractivity contribution is -0.141. The summed E-state index contributed by atoms with van der Waals surface area (Å²) in [7, 11) is 1.50. The van der Waals surface area contributed by atoms with Crippen LogP contribution in [0, 0.1) is 18.8 Å². The lowest BCUT2D eigenvalue weighted by atomic mass is 9.65. The van der Waals surface area contributed by atoms with Crippen molar-refractivity contribution in [1.29, 1.82) is 0 Å². The van der Waals surface area contributed by atoms with E-state index in [9.17, 15) is 14.7 Å². The summed E-state index contributed by atoms with van der Waals surface area (Å²) in [6.07, 6.45) is 3.39. The van der Waals surface area contributed by atoms with E-state index in [0.29, 0.717) is 35.8 Å². The van der Waals surface area contributed by atoms with Crippen molar-refractivity contribution in [2.24, 2.45) is 17.6 Å². The Balaban J connectivity index is 1.33. The lowest BCUT2D eigenvalue weighted by Gasteiger charge is -2.39. The summed E-state index contributed by atoms with van der Waals surface area (Å²) in [5.41, 5.74) is 8.70. The van der Waals surface area contributed by atoms with Gasteiger partial charge in [0.15, 0.2) is 23.0 Å². The van der Waals surface area contributed by atoms with E-state index in [0.717, 1.165) is 62.1 Å². The quantitative estimate of drug-likeness (QED) is 0.166. The lowest BCUT2D eigenvalue weighted by Crippen LogP contribution is -2.43. The van der Waals surface area contributed by atoms with Crippen molar-refractivity contribution < 1.29 is 33.6 Å². The molecule has 3 aliphatic rings. The van der Waals surface area contributed by atoms with E-state index >= 15 is 0 Å². The second-order valence-electron chi connectivity index (χ2n) is 11.2. The molecule has 42 heavy (non-hydrogen) atoms. The summed E-state index contributed by atoms with van der Waals surface area (Å²) in [5.74, 6) is -0.0225. The summed E-state index contributed by atoms with van der Waals surface area (Å²) in [6.45, 7) is 6.09. The maximum Gasteiger partial charge on any atom is 0.310 e. The van der Waals surface area contributed by atoms with Crippen molar-refractivity contribution in [2.75, 3.05) is 53.2 Å². The zero-order valence-electron chi connectivity index (χ0n) is 24.4. The van der Waals surface area contributed by atoms with Crippen LogP contribution in [0.25, 0.3) is 0 Å². The minimum Gasteiger partial charge on any atom is -0.504 e. The molecule has 6 N–H and O–H groups in total. The number of methoxy groups -OCH3 is 1. The van der Waals surface area contributed by atoms with Crippen LogP contribution in [0.3, 0.4) is 0 Å². The Labute approximate surface area is 246 Å². The van der Waals surface area contributed by atoms with E-state index in [-0.39, 0.29) is 42.9 Å². The molecular formula is C31H42N4O7. The van der Waals surface area contributed by atoms with Crippen molar-refractivity contribution in [3.63, 3.8) is 0 Å². The zero-order valence-corrected chi connectivity index (χ0v) is 24.4. The average Bonchev–Trinajstić information content (AvgIpc) is 3.60. The van der Waals surface area contributed by atoms with E-state index in [2.05, 4.69) is 16.0 Å². The first-order valence-electron chi connectivity index (χ1n) is 14.8. The molecule has 0 aromatic heterocycles. The number of aromatic hydroxyl groups is 1. The smallest absolute Gasteiger partial charge is 0.310 e. The Hall–Kier alpha value is -3.54. The normalized spacial score (nSPS) is 21.9.